The summed E-state index contributed by atoms with van der Waals surface area (Å²) in [6.45, 7) is 6.47. The number of piperazine rings is 1. The largest absolute Gasteiger partial charge is 0.353 e. The van der Waals surface area contributed by atoms with Gasteiger partial charge < -0.3 is 9.80 Å². The summed E-state index contributed by atoms with van der Waals surface area (Å²) >= 11 is 3.45. The second-order valence-electron chi connectivity index (χ2n) is 7.90. The molecule has 0 aromatic carbocycles. The molecule has 2 aliphatic rings. The van der Waals surface area contributed by atoms with Gasteiger partial charge in [-0.15, -0.1) is 11.3 Å². The summed E-state index contributed by atoms with van der Waals surface area (Å²) in [6.07, 6.45) is 7.90. The first-order valence-corrected chi connectivity index (χ1v) is 12.4. The van der Waals surface area contributed by atoms with E-state index in [9.17, 15) is 0 Å². The van der Waals surface area contributed by atoms with Crippen LogP contribution in [-0.2, 0) is 19.3 Å². The van der Waals surface area contributed by atoms with Gasteiger partial charge in [0.1, 0.15) is 4.83 Å². The summed E-state index contributed by atoms with van der Waals surface area (Å²) in [5.74, 6) is 1.12. The molecule has 0 amide bonds. The zero-order valence-corrected chi connectivity index (χ0v) is 18.5. The first kappa shape index (κ1) is 18.6. The summed E-state index contributed by atoms with van der Waals surface area (Å²) < 4.78 is 1.23. The molecule has 5 nitrogen and oxygen atoms in total. The summed E-state index contributed by atoms with van der Waals surface area (Å²) in [7, 11) is 2.20. The molecule has 5 rings (SSSR count). The molecule has 1 saturated heterocycles. The Morgan fingerprint density at radius 2 is 1.82 bits per heavy atom. The molecule has 0 unspecified atom stereocenters. The normalized spacial score (nSPS) is 17.8. The van der Waals surface area contributed by atoms with Crippen LogP contribution in [0.5, 0.6) is 0 Å². The lowest BCUT2D eigenvalue weighted by Crippen LogP contribution is -2.44. The molecule has 0 atom stereocenters. The summed E-state index contributed by atoms with van der Waals surface area (Å²) in [5, 5.41) is 2.20. The standard InChI is InChI=1S/C21H27N5S2/c1-4-6-15-13-7-5-8-14(13)16-17-18(28-20(16)22-15)19(24-21(23-17)27-3)26-11-9-25(2)10-12-26/h4-12H2,1-3H3. The van der Waals surface area contributed by atoms with Gasteiger partial charge in [-0.3, -0.25) is 0 Å². The summed E-state index contributed by atoms with van der Waals surface area (Å²) in [6, 6.07) is 0. The van der Waals surface area contributed by atoms with E-state index in [0.29, 0.717) is 0 Å². The fourth-order valence-electron chi connectivity index (χ4n) is 4.58. The van der Waals surface area contributed by atoms with Crippen molar-refractivity contribution in [1.82, 2.24) is 19.9 Å². The summed E-state index contributed by atoms with van der Waals surface area (Å²) in [4.78, 5) is 21.1. The van der Waals surface area contributed by atoms with E-state index in [-0.39, 0.29) is 0 Å². The number of likely N-dealkylation sites (N-methyl/N-ethyl adjacent to an activating group) is 1. The third kappa shape index (κ3) is 2.99. The number of aryl methyl sites for hydroxylation is 2. The Hall–Kier alpha value is -1.44. The number of aromatic nitrogens is 3. The number of hydrogen-bond donors (Lipinski definition) is 0. The third-order valence-corrected chi connectivity index (χ3v) is 7.67. The minimum Gasteiger partial charge on any atom is -0.353 e. The molecule has 0 bridgehead atoms. The maximum absolute atomic E-state index is 5.14. The predicted octanol–water partition coefficient (Wildman–Crippen LogP) is 4.15. The zero-order chi connectivity index (χ0) is 19.3. The Labute approximate surface area is 174 Å². The fraction of sp³-hybridized carbons (Fsp3) is 0.571. The lowest BCUT2D eigenvalue weighted by molar-refractivity contribution is 0.312. The van der Waals surface area contributed by atoms with Crippen molar-refractivity contribution >= 4 is 49.3 Å². The zero-order valence-electron chi connectivity index (χ0n) is 16.9. The molecule has 1 fully saturated rings. The van der Waals surface area contributed by atoms with E-state index in [2.05, 4.69) is 30.0 Å². The van der Waals surface area contributed by atoms with Crippen LogP contribution in [0.4, 0.5) is 5.82 Å². The molecular weight excluding hydrogens is 386 g/mol. The Bertz CT molecular complexity index is 1040. The average Bonchev–Trinajstić information content (AvgIpc) is 3.32. The number of anilines is 1. The second kappa shape index (κ2) is 7.43. The van der Waals surface area contributed by atoms with Gasteiger partial charge in [0.2, 0.25) is 0 Å². The Morgan fingerprint density at radius 3 is 2.57 bits per heavy atom. The molecular formula is C21H27N5S2. The topological polar surface area (TPSA) is 45.2 Å². The van der Waals surface area contributed by atoms with Crippen molar-refractivity contribution in [2.45, 2.75) is 44.2 Å². The number of thioether (sulfide) groups is 1. The van der Waals surface area contributed by atoms with Gasteiger partial charge in [-0.05, 0) is 50.1 Å². The molecule has 0 spiro atoms. The molecule has 148 valence electrons. The van der Waals surface area contributed by atoms with Crippen molar-refractivity contribution in [3.8, 4) is 0 Å². The van der Waals surface area contributed by atoms with Gasteiger partial charge in [0, 0.05) is 37.3 Å². The van der Waals surface area contributed by atoms with Gasteiger partial charge in [0.15, 0.2) is 11.0 Å². The highest BCUT2D eigenvalue weighted by atomic mass is 32.2. The van der Waals surface area contributed by atoms with E-state index in [1.54, 1.807) is 11.8 Å². The molecule has 7 heteroatoms. The van der Waals surface area contributed by atoms with E-state index in [1.807, 2.05) is 11.3 Å². The minimum absolute atomic E-state index is 0.880. The van der Waals surface area contributed by atoms with E-state index in [4.69, 9.17) is 15.0 Å². The SMILES string of the molecule is CCCc1nc2sc3c(N4CCN(C)CC4)nc(SC)nc3c2c2c1CCC2. The van der Waals surface area contributed by atoms with Crippen LogP contribution >= 0.6 is 23.1 Å². The first-order valence-electron chi connectivity index (χ1n) is 10.3. The van der Waals surface area contributed by atoms with Gasteiger partial charge in [-0.1, -0.05) is 25.1 Å². The van der Waals surface area contributed by atoms with Crippen molar-refractivity contribution in [3.63, 3.8) is 0 Å². The van der Waals surface area contributed by atoms with E-state index >= 15 is 0 Å². The van der Waals surface area contributed by atoms with Crippen molar-refractivity contribution in [1.29, 1.82) is 0 Å². The van der Waals surface area contributed by atoms with Gasteiger partial charge in [0.05, 0.1) is 10.2 Å². The molecule has 0 radical (unpaired) electrons. The van der Waals surface area contributed by atoms with Crippen molar-refractivity contribution < 1.29 is 0 Å². The molecule has 1 aliphatic heterocycles. The number of fused-ring (bicyclic) bond motifs is 5. The smallest absolute Gasteiger partial charge is 0.189 e. The minimum atomic E-state index is 0.880. The van der Waals surface area contributed by atoms with E-state index in [0.717, 1.165) is 55.5 Å². The lowest BCUT2D eigenvalue weighted by atomic mass is 10.0. The maximum atomic E-state index is 5.14. The van der Waals surface area contributed by atoms with E-state index in [1.165, 1.54) is 51.0 Å². The quantitative estimate of drug-likeness (QED) is 0.473. The number of pyridine rings is 1. The van der Waals surface area contributed by atoms with Crippen molar-refractivity contribution in [3.05, 3.63) is 16.8 Å². The third-order valence-electron chi connectivity index (χ3n) is 6.05. The number of rotatable bonds is 4. The highest BCUT2D eigenvalue weighted by Gasteiger charge is 2.26. The van der Waals surface area contributed by atoms with E-state index < -0.39 is 0 Å². The monoisotopic (exact) mass is 413 g/mol. The van der Waals surface area contributed by atoms with Crippen molar-refractivity contribution in [2.24, 2.45) is 0 Å². The fourth-order valence-corrected chi connectivity index (χ4v) is 6.12. The van der Waals surface area contributed by atoms with Crippen LogP contribution in [0.25, 0.3) is 20.4 Å². The van der Waals surface area contributed by atoms with Gasteiger partial charge in [-0.2, -0.15) is 0 Å². The van der Waals surface area contributed by atoms with Gasteiger partial charge in [-0.25, -0.2) is 15.0 Å². The lowest BCUT2D eigenvalue weighted by Gasteiger charge is -2.33. The van der Waals surface area contributed by atoms with Crippen LogP contribution in [0.1, 0.15) is 36.6 Å². The Morgan fingerprint density at radius 1 is 1.04 bits per heavy atom. The van der Waals surface area contributed by atoms with Crippen LogP contribution in [0.3, 0.4) is 0 Å². The number of nitrogens with zero attached hydrogens (tertiary/aromatic N) is 5. The van der Waals surface area contributed by atoms with Crippen LogP contribution in [0, 0.1) is 0 Å². The van der Waals surface area contributed by atoms with Crippen LogP contribution in [0.15, 0.2) is 5.16 Å². The first-order chi connectivity index (χ1) is 13.7. The molecule has 1 aliphatic carbocycles. The molecule has 0 saturated carbocycles. The Balaban J connectivity index is 1.75. The van der Waals surface area contributed by atoms with Crippen LogP contribution in [-0.4, -0.2) is 59.3 Å². The van der Waals surface area contributed by atoms with Gasteiger partial charge >= 0.3 is 0 Å². The molecule has 3 aromatic rings. The van der Waals surface area contributed by atoms with Crippen molar-refractivity contribution in [2.75, 3.05) is 44.4 Å². The highest BCUT2D eigenvalue weighted by molar-refractivity contribution is 7.98. The van der Waals surface area contributed by atoms with Gasteiger partial charge in [0.25, 0.3) is 0 Å². The van der Waals surface area contributed by atoms with Crippen LogP contribution in [0.2, 0.25) is 0 Å². The van der Waals surface area contributed by atoms with Crippen LogP contribution < -0.4 is 4.90 Å². The number of hydrogen-bond acceptors (Lipinski definition) is 7. The molecule has 0 N–H and O–H groups in total. The predicted molar refractivity (Wildman–Crippen MR) is 120 cm³/mol. The molecule has 28 heavy (non-hydrogen) atoms. The Kier molecular flexibility index (Phi) is 4.93. The second-order valence-corrected chi connectivity index (χ2v) is 9.68. The highest BCUT2D eigenvalue weighted by Crippen LogP contribution is 2.43. The molecule has 4 heterocycles. The average molecular weight is 414 g/mol. The maximum Gasteiger partial charge on any atom is 0.189 e. The molecule has 3 aromatic heterocycles. The number of thiophene rings is 1. The summed E-state index contributed by atoms with van der Waals surface area (Å²) in [5.41, 5.74) is 5.50.